The molecule has 2 rings (SSSR count). The van der Waals surface area contributed by atoms with Gasteiger partial charge in [0.05, 0.1) is 11.6 Å². The molecule has 0 spiro atoms. The summed E-state index contributed by atoms with van der Waals surface area (Å²) in [5, 5.41) is 1.20. The third-order valence-corrected chi connectivity index (χ3v) is 2.65. The van der Waals surface area contributed by atoms with E-state index < -0.39 is 0 Å². The van der Waals surface area contributed by atoms with E-state index in [2.05, 4.69) is 0 Å². The van der Waals surface area contributed by atoms with E-state index in [0.717, 1.165) is 5.56 Å². The molecule has 0 bridgehead atoms. The van der Waals surface area contributed by atoms with Gasteiger partial charge in [-0.15, -0.1) is 0 Å². The molecule has 0 fully saturated rings. The minimum atomic E-state index is -0.0793. The van der Waals surface area contributed by atoms with Gasteiger partial charge in [-0.1, -0.05) is 35.3 Å². The van der Waals surface area contributed by atoms with Gasteiger partial charge in [0.25, 0.3) is 5.56 Å². The molecule has 1 aromatic carbocycles. The first-order valence-electron chi connectivity index (χ1n) is 4.75. The lowest BCUT2D eigenvalue weighted by Gasteiger charge is -2.06. The van der Waals surface area contributed by atoms with Crippen LogP contribution in [0.2, 0.25) is 10.0 Å². The van der Waals surface area contributed by atoms with Crippen molar-refractivity contribution < 1.29 is 0 Å². The number of rotatable bonds is 2. The number of hydrogen-bond donors (Lipinski definition) is 0. The van der Waals surface area contributed by atoms with Gasteiger partial charge < -0.3 is 4.57 Å². The van der Waals surface area contributed by atoms with Gasteiger partial charge in [-0.25, -0.2) is 0 Å². The van der Waals surface area contributed by atoms with Crippen LogP contribution in [0.3, 0.4) is 0 Å². The van der Waals surface area contributed by atoms with Crippen LogP contribution in [-0.4, -0.2) is 4.57 Å². The molecule has 0 aliphatic heterocycles. The summed E-state index contributed by atoms with van der Waals surface area (Å²) in [5.74, 6) is 0. The first-order chi connectivity index (χ1) is 7.65. The zero-order chi connectivity index (χ0) is 11.5. The van der Waals surface area contributed by atoms with Crippen LogP contribution >= 0.6 is 23.2 Å². The molecule has 4 heteroatoms. The molecule has 2 aromatic rings. The molecule has 2 nitrogen and oxygen atoms in total. The molecule has 82 valence electrons. The average Bonchev–Trinajstić information content (AvgIpc) is 2.24. The summed E-state index contributed by atoms with van der Waals surface area (Å²) < 4.78 is 1.55. The monoisotopic (exact) mass is 253 g/mol. The van der Waals surface area contributed by atoms with Crippen molar-refractivity contribution in [3.05, 3.63) is 68.6 Å². The Morgan fingerprint density at radius 1 is 1.06 bits per heavy atom. The number of nitrogens with zero attached hydrogens (tertiary/aromatic N) is 1. The maximum absolute atomic E-state index is 11.5. The van der Waals surface area contributed by atoms with Crippen LogP contribution in [0.1, 0.15) is 5.56 Å². The predicted molar refractivity (Wildman–Crippen MR) is 66.3 cm³/mol. The quantitative estimate of drug-likeness (QED) is 0.806. The van der Waals surface area contributed by atoms with E-state index in [0.29, 0.717) is 16.6 Å². The fourth-order valence-electron chi connectivity index (χ4n) is 1.46. The lowest BCUT2D eigenvalue weighted by Crippen LogP contribution is -2.18. The maximum Gasteiger partial charge on any atom is 0.250 e. The third kappa shape index (κ3) is 2.65. The van der Waals surface area contributed by atoms with E-state index >= 15 is 0 Å². The number of benzene rings is 1. The molecule has 0 atom stereocenters. The van der Waals surface area contributed by atoms with E-state index in [4.69, 9.17) is 23.2 Å². The fourth-order valence-corrected chi connectivity index (χ4v) is 1.85. The fraction of sp³-hybridized carbons (Fsp3) is 0.0833. The molecular weight excluding hydrogens is 245 g/mol. The zero-order valence-electron chi connectivity index (χ0n) is 8.36. The normalized spacial score (nSPS) is 10.4. The van der Waals surface area contributed by atoms with E-state index in [1.54, 1.807) is 22.9 Å². The highest BCUT2D eigenvalue weighted by molar-refractivity contribution is 6.30. The Balaban J connectivity index is 2.34. The van der Waals surface area contributed by atoms with Gasteiger partial charge in [0, 0.05) is 17.3 Å². The second-order valence-corrected chi connectivity index (χ2v) is 4.32. The molecule has 0 saturated carbocycles. The summed E-state index contributed by atoms with van der Waals surface area (Å²) >= 11 is 11.7. The molecule has 0 unspecified atom stereocenters. The SMILES string of the molecule is O=c1ccc(Cl)cn1Cc1cccc(Cl)c1. The standard InChI is InChI=1S/C12H9Cl2NO/c13-10-3-1-2-9(6-10)7-15-8-11(14)4-5-12(15)16/h1-6,8H,7H2. The Morgan fingerprint density at radius 2 is 1.88 bits per heavy atom. The minimum Gasteiger partial charge on any atom is -0.310 e. The molecule has 16 heavy (non-hydrogen) atoms. The number of hydrogen-bond acceptors (Lipinski definition) is 1. The van der Waals surface area contributed by atoms with Crippen molar-refractivity contribution in [2.24, 2.45) is 0 Å². The third-order valence-electron chi connectivity index (χ3n) is 2.19. The van der Waals surface area contributed by atoms with Crippen molar-refractivity contribution >= 4 is 23.2 Å². The van der Waals surface area contributed by atoms with Gasteiger partial charge in [-0.2, -0.15) is 0 Å². The molecular formula is C12H9Cl2NO. The molecule has 0 N–H and O–H groups in total. The van der Waals surface area contributed by atoms with Crippen molar-refractivity contribution in [3.63, 3.8) is 0 Å². The van der Waals surface area contributed by atoms with E-state index in [1.807, 2.05) is 18.2 Å². The Morgan fingerprint density at radius 3 is 2.62 bits per heavy atom. The van der Waals surface area contributed by atoms with Gasteiger partial charge in [0.15, 0.2) is 0 Å². The second kappa shape index (κ2) is 4.73. The van der Waals surface area contributed by atoms with Crippen LogP contribution in [0.5, 0.6) is 0 Å². The Labute approximate surface area is 103 Å². The van der Waals surface area contributed by atoms with E-state index in [9.17, 15) is 4.79 Å². The summed E-state index contributed by atoms with van der Waals surface area (Å²) in [6.45, 7) is 0.472. The Bertz CT molecular complexity index is 563. The highest BCUT2D eigenvalue weighted by Gasteiger charge is 1.99. The van der Waals surface area contributed by atoms with Crippen LogP contribution in [0.15, 0.2) is 47.4 Å². The lowest BCUT2D eigenvalue weighted by molar-refractivity contribution is 0.760. The smallest absolute Gasteiger partial charge is 0.250 e. The zero-order valence-corrected chi connectivity index (χ0v) is 9.87. The molecule has 1 heterocycles. The van der Waals surface area contributed by atoms with E-state index in [-0.39, 0.29) is 5.56 Å². The molecule has 0 aliphatic carbocycles. The van der Waals surface area contributed by atoms with Crippen molar-refractivity contribution in [2.75, 3.05) is 0 Å². The minimum absolute atomic E-state index is 0.0793. The van der Waals surface area contributed by atoms with Crippen LogP contribution in [0.4, 0.5) is 0 Å². The van der Waals surface area contributed by atoms with Crippen LogP contribution in [-0.2, 0) is 6.54 Å². The summed E-state index contributed by atoms with van der Waals surface area (Å²) in [6, 6.07) is 10.4. The predicted octanol–water partition coefficient (Wildman–Crippen LogP) is 3.20. The molecule has 0 radical (unpaired) electrons. The van der Waals surface area contributed by atoms with Crippen LogP contribution < -0.4 is 5.56 Å². The molecule has 1 aromatic heterocycles. The van der Waals surface area contributed by atoms with Crippen molar-refractivity contribution in [1.82, 2.24) is 4.57 Å². The van der Waals surface area contributed by atoms with E-state index in [1.165, 1.54) is 6.07 Å². The average molecular weight is 254 g/mol. The van der Waals surface area contributed by atoms with Gasteiger partial charge in [-0.3, -0.25) is 4.79 Å². The Kier molecular flexibility index (Phi) is 3.32. The number of halogens is 2. The van der Waals surface area contributed by atoms with Crippen LogP contribution in [0.25, 0.3) is 0 Å². The van der Waals surface area contributed by atoms with Gasteiger partial charge in [-0.05, 0) is 23.8 Å². The topological polar surface area (TPSA) is 22.0 Å². The van der Waals surface area contributed by atoms with Crippen molar-refractivity contribution in [3.8, 4) is 0 Å². The first-order valence-corrected chi connectivity index (χ1v) is 5.51. The summed E-state index contributed by atoms with van der Waals surface area (Å²) in [6.07, 6.45) is 1.62. The second-order valence-electron chi connectivity index (χ2n) is 3.44. The maximum atomic E-state index is 11.5. The molecule has 0 amide bonds. The lowest BCUT2D eigenvalue weighted by atomic mass is 10.2. The summed E-state index contributed by atoms with van der Waals surface area (Å²) in [7, 11) is 0. The molecule has 0 aliphatic rings. The Hall–Kier alpha value is -1.25. The van der Waals surface area contributed by atoms with Gasteiger partial charge in [0.1, 0.15) is 0 Å². The highest BCUT2D eigenvalue weighted by Crippen LogP contribution is 2.12. The van der Waals surface area contributed by atoms with Gasteiger partial charge >= 0.3 is 0 Å². The summed E-state index contributed by atoms with van der Waals surface area (Å²) in [4.78, 5) is 11.5. The summed E-state index contributed by atoms with van der Waals surface area (Å²) in [5.41, 5.74) is 0.890. The number of aromatic nitrogens is 1. The number of pyridine rings is 1. The van der Waals surface area contributed by atoms with Crippen molar-refractivity contribution in [2.45, 2.75) is 6.54 Å². The van der Waals surface area contributed by atoms with Gasteiger partial charge in [0.2, 0.25) is 0 Å². The highest BCUT2D eigenvalue weighted by atomic mass is 35.5. The van der Waals surface area contributed by atoms with Crippen molar-refractivity contribution in [1.29, 1.82) is 0 Å². The van der Waals surface area contributed by atoms with Crippen LogP contribution in [0, 0.1) is 0 Å². The largest absolute Gasteiger partial charge is 0.310 e. The molecule has 0 saturated heterocycles. The first kappa shape index (κ1) is 11.2.